The topological polar surface area (TPSA) is 46.2 Å². The molecular weight excluding hydrogens is 475 g/mol. The molecule has 5 nitrogen and oxygen atoms in total. The van der Waals surface area contributed by atoms with Gasteiger partial charge in [-0.2, -0.15) is 0 Å². The van der Waals surface area contributed by atoms with E-state index in [9.17, 15) is 0 Å². The van der Waals surface area contributed by atoms with Gasteiger partial charge in [0.05, 0.1) is 26.4 Å². The first-order valence-electron chi connectivity index (χ1n) is 12.3. The van der Waals surface area contributed by atoms with Gasteiger partial charge in [-0.05, 0) is 29.8 Å². The molecule has 0 bridgehead atoms. The van der Waals surface area contributed by atoms with Crippen LogP contribution in [0.5, 0.6) is 0 Å². The minimum Gasteiger partial charge on any atom is -0.406 e. The largest absolute Gasteiger partial charge is 0.406 e. The standard InChI is InChI=1S/C29H34FO5Si/c1-36(2)35-28-27(33-20-24-16-10-5-11-17-24)26(32-19-23-14-8-4-9-15-23)25(34-29(28)30)21-31-18-22-12-6-3-7-13-22/h3-17,25-29H,18-21H2,1-2H3/t25-,26-,27+,28-,29-/m1/s1. The second-order valence-corrected chi connectivity index (χ2v) is 11.1. The molecule has 1 radical (unpaired) electrons. The number of ether oxygens (including phenoxy) is 4. The Morgan fingerprint density at radius 3 is 1.64 bits per heavy atom. The minimum absolute atomic E-state index is 0.169. The summed E-state index contributed by atoms with van der Waals surface area (Å²) in [4.78, 5) is 0. The predicted octanol–water partition coefficient (Wildman–Crippen LogP) is 5.70. The van der Waals surface area contributed by atoms with Gasteiger partial charge in [-0.15, -0.1) is 0 Å². The molecule has 0 saturated carbocycles. The van der Waals surface area contributed by atoms with E-state index < -0.39 is 39.8 Å². The van der Waals surface area contributed by atoms with Gasteiger partial charge in [0.15, 0.2) is 0 Å². The molecule has 5 atom stereocenters. The van der Waals surface area contributed by atoms with E-state index in [2.05, 4.69) is 0 Å². The van der Waals surface area contributed by atoms with Crippen LogP contribution in [0.3, 0.4) is 0 Å². The molecule has 1 heterocycles. The summed E-state index contributed by atoms with van der Waals surface area (Å²) in [5, 5.41) is 0. The molecule has 1 fully saturated rings. The summed E-state index contributed by atoms with van der Waals surface area (Å²) in [6.45, 7) is 5.17. The van der Waals surface area contributed by atoms with Gasteiger partial charge in [-0.25, -0.2) is 4.39 Å². The maximum Gasteiger partial charge on any atom is 0.227 e. The van der Waals surface area contributed by atoms with Gasteiger partial charge in [0.25, 0.3) is 0 Å². The van der Waals surface area contributed by atoms with Crippen molar-refractivity contribution in [3.05, 3.63) is 108 Å². The maximum absolute atomic E-state index is 15.4. The average Bonchev–Trinajstić information content (AvgIpc) is 2.90. The highest BCUT2D eigenvalue weighted by atomic mass is 28.3. The molecular formula is C29H34FO5Si. The Balaban J connectivity index is 1.53. The molecule has 191 valence electrons. The number of benzene rings is 3. The van der Waals surface area contributed by atoms with Gasteiger partial charge in [0, 0.05) is 0 Å². The van der Waals surface area contributed by atoms with Gasteiger partial charge < -0.3 is 23.4 Å². The first kappa shape index (κ1) is 26.7. The van der Waals surface area contributed by atoms with E-state index in [4.69, 9.17) is 23.4 Å². The van der Waals surface area contributed by atoms with Crippen LogP contribution < -0.4 is 0 Å². The fourth-order valence-electron chi connectivity index (χ4n) is 4.19. The normalized spacial score (nSPS) is 24.2. The molecule has 0 N–H and O–H groups in total. The lowest BCUT2D eigenvalue weighted by Crippen LogP contribution is -2.60. The Bertz CT molecular complexity index is 1010. The summed E-state index contributed by atoms with van der Waals surface area (Å²) >= 11 is 0. The lowest BCUT2D eigenvalue weighted by Gasteiger charge is -2.44. The highest BCUT2D eigenvalue weighted by Crippen LogP contribution is 2.31. The summed E-state index contributed by atoms with van der Waals surface area (Å²) in [6.07, 6.45) is -4.43. The van der Waals surface area contributed by atoms with E-state index >= 15 is 4.39 Å². The summed E-state index contributed by atoms with van der Waals surface area (Å²) < 4.78 is 46.0. The molecule has 4 rings (SSSR count). The van der Waals surface area contributed by atoms with Crippen molar-refractivity contribution in [3.63, 3.8) is 0 Å². The van der Waals surface area contributed by atoms with Crippen molar-refractivity contribution in [1.82, 2.24) is 0 Å². The van der Waals surface area contributed by atoms with Crippen molar-refractivity contribution in [2.75, 3.05) is 6.61 Å². The molecule has 3 aromatic carbocycles. The third-order valence-corrected chi connectivity index (χ3v) is 6.66. The molecule has 0 aromatic heterocycles. The quantitative estimate of drug-likeness (QED) is 0.293. The van der Waals surface area contributed by atoms with Gasteiger partial charge in [-0.1, -0.05) is 91.0 Å². The van der Waals surface area contributed by atoms with Crippen LogP contribution >= 0.6 is 0 Å². The lowest BCUT2D eigenvalue weighted by atomic mass is 9.98. The van der Waals surface area contributed by atoms with Crippen molar-refractivity contribution >= 4 is 9.04 Å². The molecule has 3 aromatic rings. The summed E-state index contributed by atoms with van der Waals surface area (Å²) in [5.74, 6) is 0. The Morgan fingerprint density at radius 1 is 0.667 bits per heavy atom. The number of halogens is 1. The van der Waals surface area contributed by atoms with Crippen LogP contribution in [0.25, 0.3) is 0 Å². The smallest absolute Gasteiger partial charge is 0.227 e. The molecule has 1 aliphatic rings. The Morgan fingerprint density at radius 2 is 1.14 bits per heavy atom. The minimum atomic E-state index is -1.65. The van der Waals surface area contributed by atoms with Crippen LogP contribution in [-0.4, -0.2) is 46.4 Å². The molecule has 7 heteroatoms. The summed E-state index contributed by atoms with van der Waals surface area (Å²) in [7, 11) is -1.23. The third-order valence-electron chi connectivity index (χ3n) is 5.91. The van der Waals surface area contributed by atoms with Gasteiger partial charge in [0.2, 0.25) is 15.4 Å². The monoisotopic (exact) mass is 509 g/mol. The highest BCUT2D eigenvalue weighted by Gasteiger charge is 2.49. The predicted molar refractivity (Wildman–Crippen MR) is 138 cm³/mol. The third kappa shape index (κ3) is 7.80. The zero-order valence-corrected chi connectivity index (χ0v) is 21.8. The average molecular weight is 510 g/mol. The number of rotatable bonds is 12. The Hall–Kier alpha value is -2.39. The SMILES string of the molecule is C[Si](C)O[C@@H]1[C@@H](OCc2ccccc2)[C@H](OCc2ccccc2)[C@@H](COCc2ccccc2)O[C@H]1F. The zero-order chi connectivity index (χ0) is 25.2. The molecule has 0 amide bonds. The lowest BCUT2D eigenvalue weighted by molar-refractivity contribution is -0.283. The van der Waals surface area contributed by atoms with Crippen molar-refractivity contribution in [2.24, 2.45) is 0 Å². The fraction of sp³-hybridized carbons (Fsp3) is 0.379. The van der Waals surface area contributed by atoms with E-state index in [-0.39, 0.29) is 6.61 Å². The van der Waals surface area contributed by atoms with E-state index in [1.54, 1.807) is 0 Å². The van der Waals surface area contributed by atoms with Crippen LogP contribution in [0.2, 0.25) is 13.1 Å². The van der Waals surface area contributed by atoms with Crippen LogP contribution in [0.15, 0.2) is 91.0 Å². The van der Waals surface area contributed by atoms with E-state index in [1.807, 2.05) is 104 Å². The second-order valence-electron chi connectivity index (χ2n) is 9.04. The van der Waals surface area contributed by atoms with Crippen molar-refractivity contribution in [3.8, 4) is 0 Å². The summed E-state index contributed by atoms with van der Waals surface area (Å²) in [6, 6.07) is 29.6. The number of hydrogen-bond acceptors (Lipinski definition) is 5. The molecule has 0 unspecified atom stereocenters. The number of alkyl halides is 1. The van der Waals surface area contributed by atoms with E-state index in [1.165, 1.54) is 0 Å². The Labute approximate surface area is 214 Å². The fourth-order valence-corrected chi connectivity index (χ4v) is 4.97. The molecule has 0 spiro atoms. The van der Waals surface area contributed by atoms with Crippen molar-refractivity contribution in [2.45, 2.75) is 63.7 Å². The van der Waals surface area contributed by atoms with Crippen molar-refractivity contribution < 1.29 is 27.8 Å². The number of hydrogen-bond donors (Lipinski definition) is 0. The highest BCUT2D eigenvalue weighted by molar-refractivity contribution is 6.48. The van der Waals surface area contributed by atoms with Gasteiger partial charge in [0.1, 0.15) is 24.4 Å². The van der Waals surface area contributed by atoms with Crippen LogP contribution in [-0.2, 0) is 43.2 Å². The second kappa shape index (κ2) is 13.8. The first-order chi connectivity index (χ1) is 17.6. The maximum atomic E-state index is 15.4. The molecule has 1 aliphatic heterocycles. The van der Waals surface area contributed by atoms with Gasteiger partial charge >= 0.3 is 0 Å². The Kier molecular flexibility index (Phi) is 10.2. The summed E-state index contributed by atoms with van der Waals surface area (Å²) in [5.41, 5.74) is 3.04. The zero-order valence-electron chi connectivity index (χ0n) is 20.8. The van der Waals surface area contributed by atoms with Crippen molar-refractivity contribution in [1.29, 1.82) is 0 Å². The van der Waals surface area contributed by atoms with Crippen LogP contribution in [0.4, 0.5) is 4.39 Å². The molecule has 0 aliphatic carbocycles. The van der Waals surface area contributed by atoms with E-state index in [0.29, 0.717) is 19.8 Å². The van der Waals surface area contributed by atoms with E-state index in [0.717, 1.165) is 16.7 Å². The molecule has 1 saturated heterocycles. The van der Waals surface area contributed by atoms with Crippen LogP contribution in [0.1, 0.15) is 16.7 Å². The van der Waals surface area contributed by atoms with Gasteiger partial charge in [-0.3, -0.25) is 0 Å². The first-order valence-corrected chi connectivity index (χ1v) is 14.7. The van der Waals surface area contributed by atoms with Crippen LogP contribution in [0, 0.1) is 0 Å². The molecule has 36 heavy (non-hydrogen) atoms.